The summed E-state index contributed by atoms with van der Waals surface area (Å²) in [6.07, 6.45) is 11.6. The third-order valence-corrected chi connectivity index (χ3v) is 6.64. The first-order valence-electron chi connectivity index (χ1n) is 11.8. The highest BCUT2D eigenvalue weighted by molar-refractivity contribution is 6.11. The third kappa shape index (κ3) is 4.35. The van der Waals surface area contributed by atoms with E-state index in [9.17, 15) is 5.11 Å². The van der Waals surface area contributed by atoms with Gasteiger partial charge in [0.2, 0.25) is 0 Å². The molecule has 4 N–H and O–H groups in total. The molecule has 34 heavy (non-hydrogen) atoms. The van der Waals surface area contributed by atoms with Crippen LogP contribution in [-0.4, -0.2) is 26.7 Å². The maximum atomic E-state index is 15.1. The number of allylic oxidation sites excluding steroid dienone is 2. The van der Waals surface area contributed by atoms with Crippen molar-refractivity contribution in [1.82, 2.24) is 14.7 Å². The minimum Gasteiger partial charge on any atom is -0.404 e. The predicted octanol–water partition coefficient (Wildman–Crippen LogP) is 5.18. The number of hydrogen-bond donors (Lipinski definition) is 3. The number of fused-ring (bicyclic) bond motifs is 1. The van der Waals surface area contributed by atoms with E-state index < -0.39 is 6.10 Å². The molecule has 0 saturated heterocycles. The number of imidazole rings is 1. The SMILES string of the molecule is Cc1cc(F)c(C(NC2CC2)=C2CCC2)cc1C(C=Nc1cnc2ccc(C(C)O)cn12)=CN. The van der Waals surface area contributed by atoms with Crippen molar-refractivity contribution in [3.05, 3.63) is 76.5 Å². The van der Waals surface area contributed by atoms with Crippen LogP contribution in [0.3, 0.4) is 0 Å². The number of hydrogen-bond acceptors (Lipinski definition) is 5. The van der Waals surface area contributed by atoms with Crippen LogP contribution in [0.1, 0.15) is 67.4 Å². The molecule has 1 atom stereocenters. The molecule has 2 aliphatic carbocycles. The zero-order valence-corrected chi connectivity index (χ0v) is 19.6. The van der Waals surface area contributed by atoms with E-state index in [-0.39, 0.29) is 5.82 Å². The van der Waals surface area contributed by atoms with Gasteiger partial charge >= 0.3 is 0 Å². The molecule has 2 heterocycles. The molecular formula is C27H30FN5O. The molecule has 2 aromatic heterocycles. The van der Waals surface area contributed by atoms with E-state index in [1.807, 2.05) is 35.7 Å². The molecule has 0 bridgehead atoms. The summed E-state index contributed by atoms with van der Waals surface area (Å²) in [6.45, 7) is 3.60. The summed E-state index contributed by atoms with van der Waals surface area (Å²) in [7, 11) is 0. The molecule has 1 unspecified atom stereocenters. The van der Waals surface area contributed by atoms with Gasteiger partial charge in [-0.1, -0.05) is 6.07 Å². The molecule has 2 fully saturated rings. The molecule has 5 rings (SSSR count). The van der Waals surface area contributed by atoms with Gasteiger partial charge in [-0.25, -0.2) is 14.4 Å². The van der Waals surface area contributed by atoms with E-state index in [1.165, 1.54) is 11.8 Å². The Kier molecular flexibility index (Phi) is 5.96. The van der Waals surface area contributed by atoms with Crippen LogP contribution in [0.4, 0.5) is 10.2 Å². The van der Waals surface area contributed by atoms with E-state index in [4.69, 9.17) is 5.73 Å². The van der Waals surface area contributed by atoms with Crippen LogP contribution in [0.15, 0.2) is 53.4 Å². The number of aliphatic hydroxyl groups is 1. The van der Waals surface area contributed by atoms with Gasteiger partial charge in [0, 0.05) is 41.5 Å². The zero-order valence-electron chi connectivity index (χ0n) is 19.6. The normalized spacial score (nSPS) is 17.3. The van der Waals surface area contributed by atoms with Gasteiger partial charge in [-0.15, -0.1) is 0 Å². The van der Waals surface area contributed by atoms with Gasteiger partial charge < -0.3 is 16.2 Å². The van der Waals surface area contributed by atoms with Crippen molar-refractivity contribution in [1.29, 1.82) is 0 Å². The van der Waals surface area contributed by atoms with Gasteiger partial charge in [0.05, 0.1) is 12.3 Å². The van der Waals surface area contributed by atoms with Crippen LogP contribution in [-0.2, 0) is 0 Å². The van der Waals surface area contributed by atoms with Crippen molar-refractivity contribution in [2.75, 3.05) is 0 Å². The van der Waals surface area contributed by atoms with Crippen LogP contribution in [0.5, 0.6) is 0 Å². The summed E-state index contributed by atoms with van der Waals surface area (Å²) < 4.78 is 17.0. The predicted molar refractivity (Wildman–Crippen MR) is 134 cm³/mol. The number of rotatable bonds is 7. The van der Waals surface area contributed by atoms with Gasteiger partial charge in [0.1, 0.15) is 11.5 Å². The lowest BCUT2D eigenvalue weighted by Gasteiger charge is -2.24. The number of nitrogens with two attached hydrogens (primary N) is 1. The molecule has 6 nitrogen and oxygen atoms in total. The fraction of sp³-hybridized carbons (Fsp3) is 0.333. The van der Waals surface area contributed by atoms with Crippen molar-refractivity contribution in [3.63, 3.8) is 0 Å². The number of aliphatic imine (C=N–C) groups is 1. The van der Waals surface area contributed by atoms with Gasteiger partial charge in [-0.05, 0) is 86.4 Å². The van der Waals surface area contributed by atoms with Crippen LogP contribution in [0, 0.1) is 12.7 Å². The first-order chi connectivity index (χ1) is 16.4. The average molecular weight is 460 g/mol. The summed E-state index contributed by atoms with van der Waals surface area (Å²) in [4.78, 5) is 9.01. The summed E-state index contributed by atoms with van der Waals surface area (Å²) in [5, 5.41) is 13.5. The summed E-state index contributed by atoms with van der Waals surface area (Å²) in [6, 6.07) is 7.61. The Bertz CT molecular complexity index is 1320. The van der Waals surface area contributed by atoms with E-state index in [2.05, 4.69) is 15.3 Å². The molecule has 0 spiro atoms. The molecule has 2 aliphatic rings. The first-order valence-corrected chi connectivity index (χ1v) is 11.8. The summed E-state index contributed by atoms with van der Waals surface area (Å²) in [5.74, 6) is 0.397. The smallest absolute Gasteiger partial charge is 0.156 e. The quantitative estimate of drug-likeness (QED) is 0.425. The maximum Gasteiger partial charge on any atom is 0.156 e. The second-order valence-electron chi connectivity index (χ2n) is 9.26. The van der Waals surface area contributed by atoms with E-state index in [0.29, 0.717) is 23.0 Å². The van der Waals surface area contributed by atoms with Gasteiger partial charge in [0.25, 0.3) is 0 Å². The van der Waals surface area contributed by atoms with Crippen LogP contribution >= 0.6 is 0 Å². The van der Waals surface area contributed by atoms with Gasteiger partial charge in [-0.2, -0.15) is 0 Å². The molecule has 1 aromatic carbocycles. The lowest BCUT2D eigenvalue weighted by atomic mass is 9.87. The zero-order chi connectivity index (χ0) is 23.8. The standard InChI is InChI=1S/C27H30FN5O/c1-16-10-24(28)23(27(18-4-3-5-18)32-21-7-8-21)11-22(16)20(12-29)13-30-26-14-31-25-9-6-19(17(2)34)15-33(25)26/h6,9-15,17,21,32,34H,3-5,7-8,29H2,1-2H3. The number of nitrogens with zero attached hydrogens (tertiary/aromatic N) is 3. The lowest BCUT2D eigenvalue weighted by Crippen LogP contribution is -2.20. The number of aromatic nitrogens is 2. The van der Waals surface area contributed by atoms with Crippen molar-refractivity contribution >= 4 is 28.9 Å². The van der Waals surface area contributed by atoms with Crippen LogP contribution in [0.2, 0.25) is 0 Å². The van der Waals surface area contributed by atoms with Gasteiger partial charge in [0.15, 0.2) is 5.82 Å². The highest BCUT2D eigenvalue weighted by Crippen LogP contribution is 2.37. The fourth-order valence-electron chi connectivity index (χ4n) is 4.25. The Morgan fingerprint density at radius 3 is 2.74 bits per heavy atom. The highest BCUT2D eigenvalue weighted by atomic mass is 19.1. The number of aliphatic hydroxyl groups excluding tert-OH is 1. The molecule has 0 radical (unpaired) electrons. The van der Waals surface area contributed by atoms with Crippen molar-refractivity contribution in [3.8, 4) is 0 Å². The summed E-state index contributed by atoms with van der Waals surface area (Å²) >= 11 is 0. The molecule has 7 heteroatoms. The van der Waals surface area contributed by atoms with Crippen molar-refractivity contribution in [2.24, 2.45) is 10.7 Å². The Labute approximate surface area is 198 Å². The minimum absolute atomic E-state index is 0.218. The third-order valence-electron chi connectivity index (χ3n) is 6.64. The van der Waals surface area contributed by atoms with Crippen LogP contribution < -0.4 is 11.1 Å². The van der Waals surface area contributed by atoms with E-state index in [1.54, 1.807) is 25.4 Å². The largest absolute Gasteiger partial charge is 0.404 e. The maximum absolute atomic E-state index is 15.1. The second kappa shape index (κ2) is 9.06. The number of benzene rings is 1. The highest BCUT2D eigenvalue weighted by Gasteiger charge is 2.27. The molecule has 176 valence electrons. The summed E-state index contributed by atoms with van der Waals surface area (Å²) in [5.41, 5.74) is 12.7. The fourth-order valence-corrected chi connectivity index (χ4v) is 4.25. The lowest BCUT2D eigenvalue weighted by molar-refractivity contribution is 0.199. The molecule has 0 amide bonds. The Morgan fingerprint density at radius 2 is 2.09 bits per heavy atom. The minimum atomic E-state index is -0.591. The number of halogens is 1. The number of nitrogens with one attached hydrogen (secondary N) is 1. The van der Waals surface area contributed by atoms with E-state index in [0.717, 1.165) is 60.1 Å². The number of aryl methyl sites for hydroxylation is 1. The molecule has 3 aromatic rings. The monoisotopic (exact) mass is 459 g/mol. The molecule has 2 saturated carbocycles. The topological polar surface area (TPSA) is 87.9 Å². The molecular weight excluding hydrogens is 429 g/mol. The Hall–Kier alpha value is -3.45. The van der Waals surface area contributed by atoms with E-state index >= 15 is 4.39 Å². The van der Waals surface area contributed by atoms with Crippen LogP contribution in [0.25, 0.3) is 16.9 Å². The number of pyridine rings is 1. The Balaban J connectivity index is 1.50. The van der Waals surface area contributed by atoms with Crippen molar-refractivity contribution in [2.45, 2.75) is 58.1 Å². The van der Waals surface area contributed by atoms with Crippen molar-refractivity contribution < 1.29 is 9.50 Å². The van der Waals surface area contributed by atoms with Gasteiger partial charge in [-0.3, -0.25) is 4.40 Å². The second-order valence-corrected chi connectivity index (χ2v) is 9.26. The first kappa shape index (κ1) is 22.3. The molecule has 0 aliphatic heterocycles. The average Bonchev–Trinajstić information content (AvgIpc) is 3.51. The Morgan fingerprint density at radius 1 is 1.29 bits per heavy atom.